The zero-order chi connectivity index (χ0) is 27.4. The summed E-state index contributed by atoms with van der Waals surface area (Å²) in [6.07, 6.45) is -0.427. The molecule has 1 aromatic rings. The maximum absolute atomic E-state index is 13.2. The Morgan fingerprint density at radius 1 is 1.19 bits per heavy atom. The third-order valence-corrected chi connectivity index (χ3v) is 5.51. The van der Waals surface area contributed by atoms with E-state index in [1.807, 2.05) is 0 Å². The van der Waals surface area contributed by atoms with Crippen LogP contribution in [0, 0.1) is 0 Å². The largest absolute Gasteiger partial charge is 0.465 e. The first kappa shape index (κ1) is 29.3. The van der Waals surface area contributed by atoms with Gasteiger partial charge in [-0.3, -0.25) is 14.4 Å². The predicted molar refractivity (Wildman–Crippen MR) is 132 cm³/mol. The van der Waals surface area contributed by atoms with Gasteiger partial charge in [0.05, 0.1) is 19.2 Å². The Balaban J connectivity index is 2.21. The molecular weight excluding hydrogens is 484 g/mol. The van der Waals surface area contributed by atoms with Gasteiger partial charge >= 0.3 is 18.1 Å². The van der Waals surface area contributed by atoms with Crippen molar-refractivity contribution < 1.29 is 38.6 Å². The standard InChI is InChI=1S/C25H34N4O8/c1-4-10-18(21(31)23(33)26-13-5-2)27-22(32)19-14-28(15-20(30)36-6-3)24(34)29(19)25(35)37-16-17-11-8-7-9-12-17/h5,7-9,11-12,18-19,21,31H,2,4,6,10,13-16H2,1,3H3,(H,26,33)(H,27,32). The van der Waals surface area contributed by atoms with Crippen molar-refractivity contribution in [1.29, 1.82) is 0 Å². The summed E-state index contributed by atoms with van der Waals surface area (Å²) < 4.78 is 10.1. The summed E-state index contributed by atoms with van der Waals surface area (Å²) in [4.78, 5) is 65.0. The number of imide groups is 1. The molecule has 1 fully saturated rings. The molecule has 0 bridgehead atoms. The zero-order valence-corrected chi connectivity index (χ0v) is 21.1. The van der Waals surface area contributed by atoms with Crippen LogP contribution in [0.5, 0.6) is 0 Å². The Kier molecular flexibility index (Phi) is 11.6. The van der Waals surface area contributed by atoms with E-state index < -0.39 is 54.6 Å². The number of hydrogen-bond donors (Lipinski definition) is 3. The lowest BCUT2D eigenvalue weighted by Gasteiger charge is -2.26. The Morgan fingerprint density at radius 3 is 2.51 bits per heavy atom. The summed E-state index contributed by atoms with van der Waals surface area (Å²) in [7, 11) is 0. The fourth-order valence-corrected chi connectivity index (χ4v) is 3.70. The van der Waals surface area contributed by atoms with Gasteiger partial charge in [0.15, 0.2) is 6.10 Å². The lowest BCUT2D eigenvalue weighted by atomic mass is 10.0. The lowest BCUT2D eigenvalue weighted by Crippen LogP contribution is -2.56. The van der Waals surface area contributed by atoms with E-state index in [4.69, 9.17) is 9.47 Å². The molecule has 1 saturated heterocycles. The lowest BCUT2D eigenvalue weighted by molar-refractivity contribution is -0.143. The van der Waals surface area contributed by atoms with Crippen molar-refractivity contribution in [3.8, 4) is 0 Å². The summed E-state index contributed by atoms with van der Waals surface area (Å²) in [5.74, 6) is -2.19. The molecule has 3 N–H and O–H groups in total. The highest BCUT2D eigenvalue weighted by Crippen LogP contribution is 2.19. The summed E-state index contributed by atoms with van der Waals surface area (Å²) in [5.41, 5.74) is 0.670. The van der Waals surface area contributed by atoms with E-state index in [2.05, 4.69) is 17.2 Å². The highest BCUT2D eigenvalue weighted by molar-refractivity contribution is 6.01. The fourth-order valence-electron chi connectivity index (χ4n) is 3.70. The van der Waals surface area contributed by atoms with Crippen LogP contribution in [0.2, 0.25) is 0 Å². The minimum Gasteiger partial charge on any atom is -0.465 e. The first-order chi connectivity index (χ1) is 17.7. The number of amides is 5. The summed E-state index contributed by atoms with van der Waals surface area (Å²) in [6, 6.07) is 5.50. The fraction of sp³-hybridized carbons (Fsp3) is 0.480. The maximum atomic E-state index is 13.2. The second kappa shape index (κ2) is 14.6. The smallest absolute Gasteiger partial charge is 0.419 e. The number of esters is 1. The number of aliphatic hydroxyl groups excluding tert-OH is 1. The van der Waals surface area contributed by atoms with Crippen molar-refractivity contribution in [1.82, 2.24) is 20.4 Å². The van der Waals surface area contributed by atoms with Crippen LogP contribution in [0.4, 0.5) is 9.59 Å². The summed E-state index contributed by atoms with van der Waals surface area (Å²) in [5, 5.41) is 15.5. The number of urea groups is 1. The van der Waals surface area contributed by atoms with Gasteiger partial charge in [-0.25, -0.2) is 14.5 Å². The molecule has 5 amide bonds. The Morgan fingerprint density at radius 2 is 1.89 bits per heavy atom. The van der Waals surface area contributed by atoms with Crippen molar-refractivity contribution >= 4 is 29.9 Å². The molecule has 1 aliphatic rings. The van der Waals surface area contributed by atoms with E-state index in [9.17, 15) is 29.1 Å². The first-order valence-electron chi connectivity index (χ1n) is 12.0. The normalized spacial score (nSPS) is 16.5. The number of hydrogen-bond acceptors (Lipinski definition) is 8. The number of carbonyl (C=O) groups is 5. The molecule has 37 heavy (non-hydrogen) atoms. The number of nitrogens with zero attached hydrogens (tertiary/aromatic N) is 2. The molecule has 0 radical (unpaired) electrons. The van der Waals surface area contributed by atoms with Crippen molar-refractivity contribution in [2.45, 2.75) is 51.5 Å². The molecule has 12 heteroatoms. The molecule has 2 rings (SSSR count). The molecule has 0 aliphatic carbocycles. The van der Waals surface area contributed by atoms with Gasteiger partial charge in [-0.15, -0.1) is 6.58 Å². The van der Waals surface area contributed by atoms with Gasteiger partial charge in [-0.1, -0.05) is 49.8 Å². The monoisotopic (exact) mass is 518 g/mol. The third kappa shape index (κ3) is 8.31. The zero-order valence-electron chi connectivity index (χ0n) is 21.1. The van der Waals surface area contributed by atoms with Crippen molar-refractivity contribution in [2.24, 2.45) is 0 Å². The molecule has 0 aromatic heterocycles. The highest BCUT2D eigenvalue weighted by Gasteiger charge is 2.47. The van der Waals surface area contributed by atoms with E-state index in [-0.39, 0.29) is 32.7 Å². The Hall–Kier alpha value is -3.93. The van der Waals surface area contributed by atoms with Gasteiger partial charge in [0.1, 0.15) is 19.2 Å². The first-order valence-corrected chi connectivity index (χ1v) is 12.0. The van der Waals surface area contributed by atoms with Crippen LogP contribution in [0.1, 0.15) is 32.3 Å². The van der Waals surface area contributed by atoms with Gasteiger partial charge < -0.3 is 30.1 Å². The van der Waals surface area contributed by atoms with Gasteiger partial charge in [0.25, 0.3) is 5.91 Å². The average molecular weight is 519 g/mol. The Labute approximate surface area is 215 Å². The number of carbonyl (C=O) groups excluding carboxylic acids is 5. The molecule has 1 heterocycles. The molecule has 0 spiro atoms. The van der Waals surface area contributed by atoms with Crippen LogP contribution in [0.25, 0.3) is 0 Å². The molecular formula is C25H34N4O8. The molecule has 12 nitrogen and oxygen atoms in total. The third-order valence-electron chi connectivity index (χ3n) is 5.51. The minimum atomic E-state index is -1.57. The molecule has 1 aromatic carbocycles. The quantitative estimate of drug-likeness (QED) is 0.257. The summed E-state index contributed by atoms with van der Waals surface area (Å²) >= 11 is 0. The maximum Gasteiger partial charge on any atom is 0.419 e. The average Bonchev–Trinajstić information content (AvgIpc) is 3.21. The number of nitrogens with one attached hydrogen (secondary N) is 2. The van der Waals surface area contributed by atoms with E-state index in [1.165, 1.54) is 6.08 Å². The van der Waals surface area contributed by atoms with E-state index in [0.29, 0.717) is 16.9 Å². The Bertz CT molecular complexity index is 971. The van der Waals surface area contributed by atoms with Crippen LogP contribution in [0.15, 0.2) is 43.0 Å². The highest BCUT2D eigenvalue weighted by atomic mass is 16.6. The van der Waals surface area contributed by atoms with E-state index in [1.54, 1.807) is 44.2 Å². The summed E-state index contributed by atoms with van der Waals surface area (Å²) in [6.45, 7) is 6.22. The van der Waals surface area contributed by atoms with Crippen molar-refractivity contribution in [3.05, 3.63) is 48.6 Å². The van der Waals surface area contributed by atoms with Gasteiger partial charge in [-0.2, -0.15) is 0 Å². The second-order valence-corrected chi connectivity index (χ2v) is 8.28. The van der Waals surface area contributed by atoms with Gasteiger partial charge in [0.2, 0.25) is 5.91 Å². The van der Waals surface area contributed by atoms with Gasteiger partial charge in [0, 0.05) is 6.54 Å². The predicted octanol–water partition coefficient (Wildman–Crippen LogP) is 0.941. The van der Waals surface area contributed by atoms with Crippen molar-refractivity contribution in [2.75, 3.05) is 26.2 Å². The molecule has 0 saturated carbocycles. The molecule has 202 valence electrons. The number of benzene rings is 1. The topological polar surface area (TPSA) is 155 Å². The number of aliphatic hydroxyl groups is 1. The van der Waals surface area contributed by atoms with Crippen LogP contribution >= 0.6 is 0 Å². The minimum absolute atomic E-state index is 0.0954. The van der Waals surface area contributed by atoms with Crippen LogP contribution in [-0.4, -0.2) is 89.2 Å². The van der Waals surface area contributed by atoms with E-state index in [0.717, 1.165) is 4.90 Å². The van der Waals surface area contributed by atoms with Crippen LogP contribution < -0.4 is 10.6 Å². The van der Waals surface area contributed by atoms with E-state index >= 15 is 0 Å². The second-order valence-electron chi connectivity index (χ2n) is 8.28. The number of rotatable bonds is 13. The number of ether oxygens (including phenoxy) is 2. The van der Waals surface area contributed by atoms with Crippen LogP contribution in [-0.2, 0) is 30.5 Å². The van der Waals surface area contributed by atoms with Crippen molar-refractivity contribution in [3.63, 3.8) is 0 Å². The SMILES string of the molecule is C=CCNC(=O)C(O)C(CCC)NC(=O)C1CN(CC(=O)OCC)C(=O)N1C(=O)OCc1ccccc1. The van der Waals surface area contributed by atoms with Gasteiger partial charge in [-0.05, 0) is 18.9 Å². The molecule has 3 unspecified atom stereocenters. The van der Waals surface area contributed by atoms with Crippen LogP contribution in [0.3, 0.4) is 0 Å². The molecule has 1 aliphatic heterocycles. The molecule has 3 atom stereocenters.